The standard InChI is InChI=1S/C16H20F4N2O5S/c1-15(2,3)27-14(23)21-6-8-22(9-7-21)28(24,25)13-5-4-11(17)10-12(13)26-16(18,19)20/h4-5,10H,6-9H2,1-3H3. The van der Waals surface area contributed by atoms with Gasteiger partial charge in [-0.25, -0.2) is 17.6 Å². The van der Waals surface area contributed by atoms with Gasteiger partial charge >= 0.3 is 12.5 Å². The van der Waals surface area contributed by atoms with Gasteiger partial charge in [0.1, 0.15) is 16.3 Å². The van der Waals surface area contributed by atoms with Crippen molar-refractivity contribution in [3.63, 3.8) is 0 Å². The highest BCUT2D eigenvalue weighted by Gasteiger charge is 2.37. The van der Waals surface area contributed by atoms with Crippen LogP contribution in [0.2, 0.25) is 0 Å². The molecule has 1 amide bonds. The van der Waals surface area contributed by atoms with Crippen molar-refractivity contribution in [1.29, 1.82) is 0 Å². The van der Waals surface area contributed by atoms with Gasteiger partial charge in [0, 0.05) is 32.2 Å². The van der Waals surface area contributed by atoms with E-state index in [1.807, 2.05) is 0 Å². The first-order chi connectivity index (χ1) is 12.7. The quantitative estimate of drug-likeness (QED) is 0.692. The number of piperazine rings is 1. The number of sulfonamides is 1. The Morgan fingerprint density at radius 3 is 2.14 bits per heavy atom. The van der Waals surface area contributed by atoms with Gasteiger partial charge in [-0.3, -0.25) is 0 Å². The van der Waals surface area contributed by atoms with Crippen molar-refractivity contribution < 1.29 is 40.2 Å². The highest BCUT2D eigenvalue weighted by molar-refractivity contribution is 7.89. The fraction of sp³-hybridized carbons (Fsp3) is 0.562. The van der Waals surface area contributed by atoms with Gasteiger partial charge in [0.2, 0.25) is 10.0 Å². The molecule has 0 aliphatic carbocycles. The number of ether oxygens (including phenoxy) is 2. The van der Waals surface area contributed by atoms with Crippen molar-refractivity contribution in [2.45, 2.75) is 37.6 Å². The normalized spacial score (nSPS) is 16.8. The summed E-state index contributed by atoms with van der Waals surface area (Å²) in [6.07, 6.45) is -5.81. The fourth-order valence-corrected chi connectivity index (χ4v) is 3.99. The maximum atomic E-state index is 13.3. The molecule has 1 aromatic rings. The smallest absolute Gasteiger partial charge is 0.444 e. The molecule has 1 fully saturated rings. The molecule has 7 nitrogen and oxygen atoms in total. The Labute approximate surface area is 159 Å². The van der Waals surface area contributed by atoms with Gasteiger partial charge in [0.15, 0.2) is 5.75 Å². The molecule has 0 atom stereocenters. The summed E-state index contributed by atoms with van der Waals surface area (Å²) in [5.41, 5.74) is -0.724. The average molecular weight is 428 g/mol. The maximum absolute atomic E-state index is 13.3. The lowest BCUT2D eigenvalue weighted by Gasteiger charge is -2.35. The summed E-state index contributed by atoms with van der Waals surface area (Å²) >= 11 is 0. The molecule has 1 aromatic carbocycles. The van der Waals surface area contributed by atoms with Crippen LogP contribution in [0.1, 0.15) is 20.8 Å². The number of nitrogens with zero attached hydrogens (tertiary/aromatic N) is 2. The molecule has 0 radical (unpaired) electrons. The topological polar surface area (TPSA) is 76.2 Å². The van der Waals surface area contributed by atoms with Crippen molar-refractivity contribution in [2.24, 2.45) is 0 Å². The van der Waals surface area contributed by atoms with Crippen LogP contribution < -0.4 is 4.74 Å². The van der Waals surface area contributed by atoms with Crippen LogP contribution in [0.4, 0.5) is 22.4 Å². The molecule has 0 saturated carbocycles. The lowest BCUT2D eigenvalue weighted by molar-refractivity contribution is -0.275. The Morgan fingerprint density at radius 1 is 1.07 bits per heavy atom. The second kappa shape index (κ2) is 7.74. The lowest BCUT2D eigenvalue weighted by atomic mass is 10.2. The van der Waals surface area contributed by atoms with Crippen LogP contribution in [0.3, 0.4) is 0 Å². The Kier molecular flexibility index (Phi) is 6.14. The number of carbonyl (C=O) groups excluding carboxylic acids is 1. The first-order valence-corrected chi connectivity index (χ1v) is 9.66. The van der Waals surface area contributed by atoms with E-state index in [4.69, 9.17) is 4.74 Å². The van der Waals surface area contributed by atoms with Crippen LogP contribution in [-0.2, 0) is 14.8 Å². The van der Waals surface area contributed by atoms with E-state index < -0.39 is 44.5 Å². The number of hydrogen-bond acceptors (Lipinski definition) is 5. The maximum Gasteiger partial charge on any atom is 0.573 e. The third-order valence-corrected chi connectivity index (χ3v) is 5.58. The summed E-state index contributed by atoms with van der Waals surface area (Å²) in [6, 6.07) is 1.80. The van der Waals surface area contributed by atoms with Gasteiger partial charge in [0.05, 0.1) is 0 Å². The van der Waals surface area contributed by atoms with Crippen molar-refractivity contribution in [3.05, 3.63) is 24.0 Å². The number of alkyl halides is 3. The molecule has 158 valence electrons. The molecule has 1 heterocycles. The third-order valence-electron chi connectivity index (χ3n) is 3.64. The number of benzene rings is 1. The molecule has 0 bridgehead atoms. The van der Waals surface area contributed by atoms with Gasteiger partial charge in [-0.1, -0.05) is 0 Å². The minimum absolute atomic E-state index is 0.00913. The van der Waals surface area contributed by atoms with E-state index in [-0.39, 0.29) is 26.2 Å². The summed E-state index contributed by atoms with van der Waals surface area (Å²) in [4.78, 5) is 12.5. The number of halogens is 4. The Balaban J connectivity index is 2.18. The Hall–Kier alpha value is -2.08. The van der Waals surface area contributed by atoms with Crippen molar-refractivity contribution in [3.8, 4) is 5.75 Å². The Bertz CT molecular complexity index is 828. The van der Waals surface area contributed by atoms with Crippen LogP contribution in [-0.4, -0.2) is 61.9 Å². The SMILES string of the molecule is CC(C)(C)OC(=O)N1CCN(S(=O)(=O)c2ccc(F)cc2OC(F)(F)F)CC1. The fourth-order valence-electron chi connectivity index (χ4n) is 2.48. The zero-order valence-corrected chi connectivity index (χ0v) is 16.2. The number of rotatable bonds is 3. The first kappa shape index (κ1) is 22.2. The van der Waals surface area contributed by atoms with Crippen LogP contribution >= 0.6 is 0 Å². The summed E-state index contributed by atoms with van der Waals surface area (Å²) < 4.78 is 86.2. The van der Waals surface area contributed by atoms with Crippen LogP contribution in [0, 0.1) is 5.82 Å². The zero-order valence-electron chi connectivity index (χ0n) is 15.4. The van der Waals surface area contributed by atoms with Gasteiger partial charge in [-0.15, -0.1) is 13.2 Å². The third kappa shape index (κ3) is 5.71. The van der Waals surface area contributed by atoms with E-state index in [0.717, 1.165) is 10.4 Å². The predicted octanol–water partition coefficient (Wildman–Crippen LogP) is 2.97. The predicted molar refractivity (Wildman–Crippen MR) is 89.6 cm³/mol. The van der Waals surface area contributed by atoms with Crippen LogP contribution in [0.5, 0.6) is 5.75 Å². The van der Waals surface area contributed by atoms with Crippen molar-refractivity contribution >= 4 is 16.1 Å². The molecular weight excluding hydrogens is 408 g/mol. The number of amides is 1. The molecule has 0 unspecified atom stereocenters. The van der Waals surface area contributed by atoms with Gasteiger partial charge < -0.3 is 14.4 Å². The molecule has 1 aliphatic heterocycles. The van der Waals surface area contributed by atoms with E-state index in [9.17, 15) is 30.8 Å². The van der Waals surface area contributed by atoms with E-state index in [1.165, 1.54) is 4.90 Å². The summed E-state index contributed by atoms with van der Waals surface area (Å²) in [5, 5.41) is 0. The second-order valence-electron chi connectivity index (χ2n) is 7.01. The van der Waals surface area contributed by atoms with Crippen LogP contribution in [0.15, 0.2) is 23.1 Å². The molecule has 1 saturated heterocycles. The van der Waals surface area contributed by atoms with Gasteiger partial charge in [0.25, 0.3) is 0 Å². The van der Waals surface area contributed by atoms with E-state index in [0.29, 0.717) is 12.1 Å². The molecule has 28 heavy (non-hydrogen) atoms. The van der Waals surface area contributed by atoms with Crippen molar-refractivity contribution in [1.82, 2.24) is 9.21 Å². The molecule has 1 aliphatic rings. The van der Waals surface area contributed by atoms with Crippen molar-refractivity contribution in [2.75, 3.05) is 26.2 Å². The van der Waals surface area contributed by atoms with E-state index in [2.05, 4.69) is 4.74 Å². The first-order valence-electron chi connectivity index (χ1n) is 8.22. The van der Waals surface area contributed by atoms with Gasteiger partial charge in [-0.2, -0.15) is 4.31 Å². The summed E-state index contributed by atoms with van der Waals surface area (Å²) in [7, 11) is -4.40. The highest BCUT2D eigenvalue weighted by atomic mass is 32.2. The molecule has 2 rings (SSSR count). The number of hydrogen-bond donors (Lipinski definition) is 0. The highest BCUT2D eigenvalue weighted by Crippen LogP contribution is 2.32. The Morgan fingerprint density at radius 2 is 1.64 bits per heavy atom. The molecule has 0 N–H and O–H groups in total. The molecule has 12 heteroatoms. The summed E-state index contributed by atoms with van der Waals surface area (Å²) in [5.74, 6) is -2.23. The molecule has 0 aromatic heterocycles. The summed E-state index contributed by atoms with van der Waals surface area (Å²) in [6.45, 7) is 4.71. The van der Waals surface area contributed by atoms with Crippen LogP contribution in [0.25, 0.3) is 0 Å². The van der Waals surface area contributed by atoms with E-state index in [1.54, 1.807) is 20.8 Å². The largest absolute Gasteiger partial charge is 0.573 e. The minimum Gasteiger partial charge on any atom is -0.444 e. The molecule has 0 spiro atoms. The number of carbonyl (C=O) groups is 1. The zero-order chi connectivity index (χ0) is 21.3. The average Bonchev–Trinajstić information content (AvgIpc) is 2.51. The van der Waals surface area contributed by atoms with E-state index >= 15 is 0 Å². The second-order valence-corrected chi connectivity index (χ2v) is 8.92. The minimum atomic E-state index is -5.19. The monoisotopic (exact) mass is 428 g/mol. The van der Waals surface area contributed by atoms with Gasteiger partial charge in [-0.05, 0) is 32.9 Å². The lowest BCUT2D eigenvalue weighted by Crippen LogP contribution is -2.51. The molecular formula is C16H20F4N2O5S.